The number of aromatic nitrogens is 1. The maximum Gasteiger partial charge on any atom is 0.248 e. The van der Waals surface area contributed by atoms with E-state index >= 15 is 0 Å². The van der Waals surface area contributed by atoms with E-state index in [-0.39, 0.29) is 18.8 Å². The van der Waals surface area contributed by atoms with Crippen molar-refractivity contribution in [3.05, 3.63) is 75.6 Å². The van der Waals surface area contributed by atoms with Crippen LogP contribution in [0.4, 0.5) is 8.78 Å². The van der Waals surface area contributed by atoms with Crippen LogP contribution >= 0.6 is 0 Å². The Morgan fingerprint density at radius 1 is 0.935 bits per heavy atom. The lowest BCUT2D eigenvalue weighted by Crippen LogP contribution is -2.32. The van der Waals surface area contributed by atoms with Gasteiger partial charge in [-0.15, -0.1) is 0 Å². The fourth-order valence-corrected chi connectivity index (χ4v) is 5.67. The first-order valence-electron chi connectivity index (χ1n) is 11.3. The van der Waals surface area contributed by atoms with Crippen LogP contribution in [0.2, 0.25) is 0 Å². The second-order valence-corrected chi connectivity index (χ2v) is 9.69. The predicted molar refractivity (Wildman–Crippen MR) is 124 cm³/mol. The molecule has 0 saturated heterocycles. The highest BCUT2D eigenvalue weighted by molar-refractivity contribution is 6.15. The third-order valence-electron chi connectivity index (χ3n) is 7.54. The van der Waals surface area contributed by atoms with Gasteiger partial charge in [0.2, 0.25) is 11.6 Å². The molecule has 0 bridgehead atoms. The summed E-state index contributed by atoms with van der Waals surface area (Å²) in [7, 11) is 2.12. The predicted octanol–water partition coefficient (Wildman–Crippen LogP) is 7.17. The van der Waals surface area contributed by atoms with Crippen molar-refractivity contribution in [2.75, 3.05) is 0 Å². The van der Waals surface area contributed by atoms with E-state index in [1.165, 1.54) is 61.0 Å². The zero-order chi connectivity index (χ0) is 22.1. The molecule has 0 unspecified atom stereocenters. The van der Waals surface area contributed by atoms with Crippen molar-refractivity contribution in [2.24, 2.45) is 7.05 Å². The Labute approximate surface area is 183 Å². The Morgan fingerprint density at radius 2 is 1.65 bits per heavy atom. The van der Waals surface area contributed by atoms with Gasteiger partial charge in [0, 0.05) is 18.9 Å². The second kappa shape index (κ2) is 6.98. The van der Waals surface area contributed by atoms with Crippen LogP contribution in [-0.2, 0) is 7.05 Å². The molecule has 0 N–H and O–H groups in total. The number of pyridine rings is 1. The highest BCUT2D eigenvalue weighted by atomic mass is 19.3. The summed E-state index contributed by atoms with van der Waals surface area (Å²) < 4.78 is 29.7. The number of rotatable bonds is 2. The van der Waals surface area contributed by atoms with Crippen molar-refractivity contribution in [3.8, 4) is 0 Å². The van der Waals surface area contributed by atoms with Gasteiger partial charge >= 0.3 is 0 Å². The van der Waals surface area contributed by atoms with Crippen LogP contribution in [0.1, 0.15) is 77.6 Å². The molecule has 31 heavy (non-hydrogen) atoms. The summed E-state index contributed by atoms with van der Waals surface area (Å²) in [5, 5.41) is 2.51. The zero-order valence-corrected chi connectivity index (χ0v) is 19.1. The van der Waals surface area contributed by atoms with Gasteiger partial charge in [0.1, 0.15) is 7.05 Å². The standard InChI is InChI=1S/C28H30F2N/c1-16-12-17(2)18(3)23(13-16)25-19(4)24-15-22(20-6-9-28(29,30)10-7-20)14-21-8-11-31(5)27(25)26(21)24/h8,11-15,20H,6-7,9-10H2,1-5H3/q+1. The number of nitrogens with zero attached hydrogens (tertiary/aromatic N) is 1. The quantitative estimate of drug-likeness (QED) is 0.388. The Hall–Kier alpha value is -2.55. The fourth-order valence-electron chi connectivity index (χ4n) is 5.67. The van der Waals surface area contributed by atoms with Crippen molar-refractivity contribution in [3.63, 3.8) is 0 Å². The van der Waals surface area contributed by atoms with Crippen molar-refractivity contribution in [2.45, 2.75) is 65.2 Å². The van der Waals surface area contributed by atoms with Gasteiger partial charge in [0.25, 0.3) is 0 Å². The smallest absolute Gasteiger partial charge is 0.207 e. The number of hydrogen-bond acceptors (Lipinski definition) is 0. The number of hydrogen-bond donors (Lipinski definition) is 0. The summed E-state index contributed by atoms with van der Waals surface area (Å²) in [5.74, 6) is -2.27. The third kappa shape index (κ3) is 3.21. The SMILES string of the molecule is CC1=C(c2cc(C)cc(C)c2C)c2c3c1cc(C1CCC(F)(F)CC1)cc3cc[n+]2C. The van der Waals surface area contributed by atoms with E-state index in [1.807, 2.05) is 0 Å². The van der Waals surface area contributed by atoms with E-state index in [0.717, 1.165) is 0 Å². The van der Waals surface area contributed by atoms with E-state index in [1.54, 1.807) is 0 Å². The van der Waals surface area contributed by atoms with Crippen LogP contribution in [0.5, 0.6) is 0 Å². The average Bonchev–Trinajstić information content (AvgIpc) is 3.01. The zero-order valence-electron chi connectivity index (χ0n) is 19.1. The molecule has 3 aromatic rings. The van der Waals surface area contributed by atoms with Crippen LogP contribution in [0.15, 0.2) is 36.5 Å². The van der Waals surface area contributed by atoms with E-state index in [2.05, 4.69) is 75.8 Å². The van der Waals surface area contributed by atoms with Crippen molar-refractivity contribution >= 4 is 21.9 Å². The van der Waals surface area contributed by atoms with Crippen LogP contribution in [0.25, 0.3) is 21.9 Å². The van der Waals surface area contributed by atoms with E-state index in [9.17, 15) is 8.78 Å². The molecular formula is C28H30F2N+. The molecule has 0 radical (unpaired) electrons. The molecule has 1 aromatic heterocycles. The van der Waals surface area contributed by atoms with Crippen LogP contribution in [0, 0.1) is 20.8 Å². The first kappa shape index (κ1) is 20.4. The topological polar surface area (TPSA) is 3.88 Å². The van der Waals surface area contributed by atoms with Gasteiger partial charge in [-0.25, -0.2) is 13.3 Å². The molecule has 0 atom stereocenters. The normalized spacial score (nSPS) is 18.3. The number of allylic oxidation sites excluding steroid dienone is 1. The fraction of sp³-hybridized carbons (Fsp3) is 0.393. The second-order valence-electron chi connectivity index (χ2n) is 9.69. The molecule has 2 aromatic carbocycles. The number of benzene rings is 2. The third-order valence-corrected chi connectivity index (χ3v) is 7.54. The summed E-state index contributed by atoms with van der Waals surface area (Å²) >= 11 is 0. The molecular weight excluding hydrogens is 388 g/mol. The lowest BCUT2D eigenvalue weighted by Gasteiger charge is -2.28. The van der Waals surface area contributed by atoms with Gasteiger partial charge in [0.15, 0.2) is 6.20 Å². The summed E-state index contributed by atoms with van der Waals surface area (Å²) in [6.07, 6.45) is 3.27. The average molecular weight is 419 g/mol. The van der Waals surface area contributed by atoms with Crippen LogP contribution in [-0.4, -0.2) is 5.92 Å². The van der Waals surface area contributed by atoms with Crippen LogP contribution in [0.3, 0.4) is 0 Å². The van der Waals surface area contributed by atoms with E-state index in [0.29, 0.717) is 12.8 Å². The Morgan fingerprint density at radius 3 is 2.35 bits per heavy atom. The van der Waals surface area contributed by atoms with Gasteiger partial charge in [-0.3, -0.25) is 0 Å². The minimum Gasteiger partial charge on any atom is -0.207 e. The molecule has 2 aliphatic rings. The van der Waals surface area contributed by atoms with Gasteiger partial charge < -0.3 is 0 Å². The molecule has 3 heteroatoms. The lowest BCUT2D eigenvalue weighted by molar-refractivity contribution is -0.672. The first-order chi connectivity index (χ1) is 14.7. The van der Waals surface area contributed by atoms with Crippen LogP contribution < -0.4 is 4.57 Å². The molecule has 0 spiro atoms. The van der Waals surface area contributed by atoms with Crippen molar-refractivity contribution in [1.82, 2.24) is 0 Å². The highest BCUT2D eigenvalue weighted by Gasteiger charge is 2.37. The molecule has 5 rings (SSSR count). The maximum atomic E-state index is 13.7. The Kier molecular flexibility index (Phi) is 4.58. The summed E-state index contributed by atoms with van der Waals surface area (Å²) in [6, 6.07) is 11.3. The molecule has 1 heterocycles. The molecule has 1 nitrogen and oxygen atoms in total. The van der Waals surface area contributed by atoms with E-state index < -0.39 is 5.92 Å². The molecule has 2 aliphatic carbocycles. The van der Waals surface area contributed by atoms with Gasteiger partial charge in [-0.1, -0.05) is 29.8 Å². The first-order valence-corrected chi connectivity index (χ1v) is 11.3. The van der Waals surface area contributed by atoms with E-state index in [4.69, 9.17) is 0 Å². The largest absolute Gasteiger partial charge is 0.248 e. The van der Waals surface area contributed by atoms with Gasteiger partial charge in [-0.2, -0.15) is 0 Å². The number of aryl methyl sites for hydroxylation is 3. The van der Waals surface area contributed by atoms with Crippen molar-refractivity contribution in [1.29, 1.82) is 0 Å². The highest BCUT2D eigenvalue weighted by Crippen LogP contribution is 2.47. The summed E-state index contributed by atoms with van der Waals surface area (Å²) in [5.41, 5.74) is 11.5. The summed E-state index contributed by atoms with van der Waals surface area (Å²) in [6.45, 7) is 8.77. The molecule has 1 saturated carbocycles. The number of alkyl halides is 2. The van der Waals surface area contributed by atoms with Gasteiger partial charge in [0.05, 0.1) is 11.0 Å². The Bertz CT molecular complexity index is 1260. The molecule has 1 fully saturated rings. The molecule has 0 amide bonds. The molecule has 160 valence electrons. The maximum absolute atomic E-state index is 13.7. The number of halogens is 2. The lowest BCUT2D eigenvalue weighted by atomic mass is 9.81. The minimum absolute atomic E-state index is 0.00186. The van der Waals surface area contributed by atoms with Crippen molar-refractivity contribution < 1.29 is 13.3 Å². The monoisotopic (exact) mass is 418 g/mol. The Balaban J connectivity index is 1.71. The molecule has 0 aliphatic heterocycles. The minimum atomic E-state index is -2.49. The van der Waals surface area contributed by atoms with Gasteiger partial charge in [-0.05, 0) is 85.2 Å². The summed E-state index contributed by atoms with van der Waals surface area (Å²) in [4.78, 5) is 0.